The van der Waals surface area contributed by atoms with Crippen LogP contribution in [0, 0.1) is 0 Å². The van der Waals surface area contributed by atoms with Crippen LogP contribution in [0.1, 0.15) is 0 Å². The Kier molecular flexibility index (Phi) is 12.9. The van der Waals surface area contributed by atoms with Crippen molar-refractivity contribution in [1.29, 1.82) is 0 Å². The first-order valence-corrected chi connectivity index (χ1v) is 2.17. The fraction of sp³-hybridized carbons (Fsp3) is 0. The zero-order valence-corrected chi connectivity index (χ0v) is 5.39. The standard InChI is InChI=1S/C2H4.CH2N2S2/c1-2;2-1(4)3-5/h1-2H2;(H2,2,4). The van der Waals surface area contributed by atoms with Gasteiger partial charge in [-0.05, 0) is 12.2 Å². The molecule has 0 aromatic heterocycles. The molecule has 0 spiro atoms. The smallest absolute Gasteiger partial charge is 0.202 e. The highest BCUT2D eigenvalue weighted by Gasteiger charge is 1.66. The van der Waals surface area contributed by atoms with Crippen molar-refractivity contribution in [3.05, 3.63) is 13.2 Å². The summed E-state index contributed by atoms with van der Waals surface area (Å²) in [4.78, 5) is 0. The van der Waals surface area contributed by atoms with Crippen LogP contribution >= 0.6 is 12.2 Å². The number of hydrogen-bond donors (Lipinski definition) is 1. The molecule has 4 heteroatoms. The minimum atomic E-state index is 0.0278. The van der Waals surface area contributed by atoms with Gasteiger partial charge in [-0.3, -0.25) is 0 Å². The highest BCUT2D eigenvalue weighted by atomic mass is 32.1. The lowest BCUT2D eigenvalue weighted by atomic mass is 11.3. The number of nitrogens with zero attached hydrogens (tertiary/aromatic N) is 1. The van der Waals surface area contributed by atoms with Crippen LogP contribution in [0.4, 0.5) is 0 Å². The molecule has 7 heavy (non-hydrogen) atoms. The van der Waals surface area contributed by atoms with Crippen molar-refractivity contribution < 1.29 is 0 Å². The summed E-state index contributed by atoms with van der Waals surface area (Å²) >= 11 is 8.24. The molecule has 0 aliphatic rings. The second kappa shape index (κ2) is 9.17. The summed E-state index contributed by atoms with van der Waals surface area (Å²) in [6, 6.07) is 0. The highest BCUT2D eigenvalue weighted by Crippen LogP contribution is 1.58. The van der Waals surface area contributed by atoms with Gasteiger partial charge >= 0.3 is 0 Å². The fourth-order valence-electron chi connectivity index (χ4n) is 0. The Morgan fingerprint density at radius 3 is 1.71 bits per heavy atom. The van der Waals surface area contributed by atoms with Crippen molar-refractivity contribution in [3.63, 3.8) is 0 Å². The first-order chi connectivity index (χ1) is 3.27. The van der Waals surface area contributed by atoms with Crippen molar-refractivity contribution in [2.75, 3.05) is 0 Å². The SMILES string of the molecule is C=C.NC(=S)N=S. The molecule has 0 unspecified atom stereocenters. The molecule has 0 aromatic rings. The third-order valence-electron chi connectivity index (χ3n) is 0.0900. The zero-order valence-electron chi connectivity index (χ0n) is 3.76. The van der Waals surface area contributed by atoms with Crippen LogP contribution in [-0.4, -0.2) is 5.11 Å². The molecule has 40 valence electrons. The van der Waals surface area contributed by atoms with Crippen molar-refractivity contribution in [2.45, 2.75) is 0 Å². The van der Waals surface area contributed by atoms with Gasteiger partial charge in [-0.2, -0.15) is 4.36 Å². The molecule has 0 fully saturated rings. The third kappa shape index (κ3) is 27.6. The van der Waals surface area contributed by atoms with E-state index < -0.39 is 0 Å². The molecule has 0 amide bonds. The van der Waals surface area contributed by atoms with Crippen LogP contribution in [0.25, 0.3) is 0 Å². The summed E-state index contributed by atoms with van der Waals surface area (Å²) in [5.74, 6) is 0. The molecule has 0 heterocycles. The average molecular weight is 134 g/mol. The van der Waals surface area contributed by atoms with E-state index in [1.807, 2.05) is 0 Å². The lowest BCUT2D eigenvalue weighted by molar-refractivity contribution is 1.68. The summed E-state index contributed by atoms with van der Waals surface area (Å²) in [6.45, 7) is 6.00. The molecule has 2 N–H and O–H groups in total. The van der Waals surface area contributed by atoms with E-state index >= 15 is 0 Å². The Hall–Kier alpha value is -0.350. The lowest BCUT2D eigenvalue weighted by Crippen LogP contribution is -2.00. The van der Waals surface area contributed by atoms with Crippen molar-refractivity contribution in [2.24, 2.45) is 10.1 Å². The van der Waals surface area contributed by atoms with Gasteiger partial charge in [0, 0.05) is 12.4 Å². The normalized spacial score (nSPS) is 5.14. The second-order valence-corrected chi connectivity index (χ2v) is 1.03. The maximum Gasteiger partial charge on any atom is 0.202 e. The van der Waals surface area contributed by atoms with E-state index in [0.29, 0.717) is 0 Å². The van der Waals surface area contributed by atoms with Crippen molar-refractivity contribution in [1.82, 2.24) is 0 Å². The average Bonchev–Trinajstić information content (AvgIpc) is 1.73. The molecular weight excluding hydrogens is 128 g/mol. The maximum atomic E-state index is 4.75. The second-order valence-electron chi connectivity index (χ2n) is 0.430. The van der Waals surface area contributed by atoms with E-state index in [-0.39, 0.29) is 5.11 Å². The largest absolute Gasteiger partial charge is 0.374 e. The summed E-state index contributed by atoms with van der Waals surface area (Å²) in [5.41, 5.74) is 4.75. The summed E-state index contributed by atoms with van der Waals surface area (Å²) in [7, 11) is 0. The van der Waals surface area contributed by atoms with E-state index in [4.69, 9.17) is 5.73 Å². The first-order valence-electron chi connectivity index (χ1n) is 1.40. The molecule has 0 aliphatic carbocycles. The number of rotatable bonds is 0. The molecule has 0 aromatic carbocycles. The van der Waals surface area contributed by atoms with E-state index in [1.165, 1.54) is 0 Å². The minimum Gasteiger partial charge on any atom is -0.374 e. The van der Waals surface area contributed by atoms with Gasteiger partial charge in [0.25, 0.3) is 0 Å². The third-order valence-corrected chi connectivity index (χ3v) is 0.494. The van der Waals surface area contributed by atoms with Gasteiger partial charge in [0.15, 0.2) is 0 Å². The van der Waals surface area contributed by atoms with Crippen LogP contribution in [0.5, 0.6) is 0 Å². The Labute approximate surface area is 53.6 Å². The molecule has 0 aliphatic heterocycles. The minimum absolute atomic E-state index is 0.0278. The Bertz CT molecular complexity index is 71.3. The van der Waals surface area contributed by atoms with E-state index in [0.717, 1.165) is 0 Å². The topological polar surface area (TPSA) is 38.4 Å². The highest BCUT2D eigenvalue weighted by molar-refractivity contribution is 7.80. The van der Waals surface area contributed by atoms with Crippen LogP contribution in [0.3, 0.4) is 0 Å². The monoisotopic (exact) mass is 134 g/mol. The van der Waals surface area contributed by atoms with Gasteiger partial charge in [-0.15, -0.1) is 13.2 Å². The summed E-state index contributed by atoms with van der Waals surface area (Å²) < 4.78 is 2.98. The molecular formula is C3H6N2S2. The van der Waals surface area contributed by atoms with Gasteiger partial charge < -0.3 is 5.73 Å². The number of nitrogens with two attached hydrogens (primary N) is 1. The Balaban J connectivity index is 0. The molecule has 0 radical (unpaired) electrons. The van der Waals surface area contributed by atoms with Gasteiger partial charge in [0.2, 0.25) is 5.11 Å². The molecule has 0 atom stereocenters. The van der Waals surface area contributed by atoms with Crippen LogP contribution in [-0.2, 0) is 12.4 Å². The zero-order chi connectivity index (χ0) is 6.28. The van der Waals surface area contributed by atoms with Crippen molar-refractivity contribution >= 4 is 29.8 Å². The molecule has 0 rings (SSSR count). The fourth-order valence-corrected chi connectivity index (χ4v) is 0. The number of hydrogen-bond acceptors (Lipinski definition) is 2. The quantitative estimate of drug-likeness (QED) is 0.393. The van der Waals surface area contributed by atoms with Crippen LogP contribution in [0.2, 0.25) is 0 Å². The first kappa shape index (κ1) is 9.82. The Morgan fingerprint density at radius 1 is 1.57 bits per heavy atom. The van der Waals surface area contributed by atoms with E-state index in [9.17, 15) is 0 Å². The summed E-state index contributed by atoms with van der Waals surface area (Å²) in [6.07, 6.45) is 0. The number of thiocarbonyl (C=S) groups is 1. The predicted molar refractivity (Wildman–Crippen MR) is 37.8 cm³/mol. The summed E-state index contributed by atoms with van der Waals surface area (Å²) in [5, 5.41) is 0.0278. The maximum absolute atomic E-state index is 4.75. The molecule has 0 bridgehead atoms. The van der Waals surface area contributed by atoms with E-state index in [2.05, 4.69) is 42.2 Å². The van der Waals surface area contributed by atoms with Crippen LogP contribution < -0.4 is 5.73 Å². The van der Waals surface area contributed by atoms with Crippen molar-refractivity contribution in [3.8, 4) is 0 Å². The molecule has 0 saturated heterocycles. The lowest BCUT2D eigenvalue weighted by Gasteiger charge is -1.68. The van der Waals surface area contributed by atoms with E-state index in [1.54, 1.807) is 0 Å². The molecule has 0 saturated carbocycles. The van der Waals surface area contributed by atoms with Gasteiger partial charge in [-0.25, -0.2) is 0 Å². The van der Waals surface area contributed by atoms with Gasteiger partial charge in [0.1, 0.15) is 0 Å². The molecule has 2 nitrogen and oxygen atoms in total. The Morgan fingerprint density at radius 2 is 1.71 bits per heavy atom. The van der Waals surface area contributed by atoms with Gasteiger partial charge in [0.05, 0.1) is 0 Å². The predicted octanol–water partition coefficient (Wildman–Crippen LogP) is 0.763. The van der Waals surface area contributed by atoms with Gasteiger partial charge in [-0.1, -0.05) is 0 Å². The van der Waals surface area contributed by atoms with Crippen LogP contribution in [0.15, 0.2) is 17.5 Å².